The largest absolute Gasteiger partial charge is 0.358 e. The maximum Gasteiger partial charge on any atom is 0.281 e. The fourth-order valence-corrected chi connectivity index (χ4v) is 8.37. The van der Waals surface area contributed by atoms with E-state index in [4.69, 9.17) is 4.74 Å². The minimum atomic E-state index is -2.01. The summed E-state index contributed by atoms with van der Waals surface area (Å²) in [4.78, 5) is 50.9. The third-order valence-electron chi connectivity index (χ3n) is 10.5. The molecule has 2 unspecified atom stereocenters. The van der Waals surface area contributed by atoms with Crippen LogP contribution in [0.1, 0.15) is 63.8 Å². The number of hydrogen-bond donors (Lipinski definition) is 3. The van der Waals surface area contributed by atoms with Crippen LogP contribution in [-0.2, 0) is 25.5 Å². The number of amides is 3. The molecule has 1 aromatic heterocycles. The van der Waals surface area contributed by atoms with Gasteiger partial charge in [-0.15, -0.1) is 0 Å². The lowest BCUT2D eigenvalue weighted by Crippen LogP contribution is -2.71. The maximum atomic E-state index is 14.4. The van der Waals surface area contributed by atoms with Gasteiger partial charge in [0.05, 0.1) is 5.92 Å². The van der Waals surface area contributed by atoms with Crippen LogP contribution in [0.25, 0.3) is 16.5 Å². The van der Waals surface area contributed by atoms with Crippen LogP contribution in [0.3, 0.4) is 0 Å². The summed E-state index contributed by atoms with van der Waals surface area (Å²) in [6.07, 6.45) is 4.56. The van der Waals surface area contributed by atoms with E-state index in [9.17, 15) is 19.5 Å². The van der Waals surface area contributed by atoms with E-state index >= 15 is 0 Å². The Labute approximate surface area is 252 Å². The minimum Gasteiger partial charge on any atom is -0.358 e. The number of aromatic amines is 1. The first kappa shape index (κ1) is 28.6. The van der Waals surface area contributed by atoms with E-state index in [-0.39, 0.29) is 23.8 Å². The number of fused-ring (bicyclic) bond motifs is 5. The number of H-pyrrole nitrogens is 1. The molecule has 0 spiro atoms. The normalized spacial score (nSPS) is 33.7. The minimum absolute atomic E-state index is 0.107. The third-order valence-corrected chi connectivity index (χ3v) is 10.5. The summed E-state index contributed by atoms with van der Waals surface area (Å²) in [5.74, 6) is -3.97. The van der Waals surface area contributed by atoms with E-state index in [1.807, 2.05) is 40.8 Å². The smallest absolute Gasteiger partial charge is 0.281 e. The molecule has 2 aromatic rings. The molecule has 0 bridgehead atoms. The summed E-state index contributed by atoms with van der Waals surface area (Å²) in [7, 11) is 2.04. The quantitative estimate of drug-likeness (QED) is 0.494. The molecule has 3 saturated heterocycles. The van der Waals surface area contributed by atoms with Gasteiger partial charge >= 0.3 is 0 Å². The van der Waals surface area contributed by atoms with Crippen molar-refractivity contribution in [3.05, 3.63) is 41.1 Å². The van der Waals surface area contributed by atoms with E-state index in [0.717, 1.165) is 29.5 Å². The molecule has 6 atom stereocenters. The lowest BCUT2D eigenvalue weighted by Gasteiger charge is -2.49. The Hall–Kier alpha value is -3.21. The Morgan fingerprint density at radius 2 is 2.00 bits per heavy atom. The van der Waals surface area contributed by atoms with Crippen molar-refractivity contribution in [2.45, 2.75) is 90.1 Å². The number of nitrogens with one attached hydrogen (secondary N) is 2. The van der Waals surface area contributed by atoms with Gasteiger partial charge in [0.25, 0.3) is 11.8 Å². The fraction of sp³-hybridized carbons (Fsp3) is 0.606. The van der Waals surface area contributed by atoms with Gasteiger partial charge in [-0.3, -0.25) is 28.9 Å². The van der Waals surface area contributed by atoms with Crippen molar-refractivity contribution in [2.75, 3.05) is 20.1 Å². The molecule has 3 amide bonds. The number of hydrogen-bond acceptors (Lipinski definition) is 6. The number of aromatic nitrogens is 1. The summed E-state index contributed by atoms with van der Waals surface area (Å²) in [5, 5.41) is 16.4. The monoisotopic (exact) mass is 589 g/mol. The summed E-state index contributed by atoms with van der Waals surface area (Å²) < 4.78 is 6.45. The predicted octanol–water partition coefficient (Wildman–Crippen LogP) is 2.74. The Balaban J connectivity index is 1.25. The number of aryl methyl sites for hydroxylation is 1. The van der Waals surface area contributed by atoms with Crippen LogP contribution in [0.2, 0.25) is 0 Å². The van der Waals surface area contributed by atoms with Crippen molar-refractivity contribution in [1.29, 1.82) is 0 Å². The second-order valence-corrected chi connectivity index (χ2v) is 14.0. The van der Waals surface area contributed by atoms with Gasteiger partial charge in [0.2, 0.25) is 17.5 Å². The van der Waals surface area contributed by atoms with E-state index in [1.54, 1.807) is 4.90 Å². The number of likely N-dealkylation sites (N-methyl/N-ethyl adjacent to an activating group) is 1. The summed E-state index contributed by atoms with van der Waals surface area (Å²) in [5.41, 5.74) is 4.04. The molecular weight excluding hydrogens is 546 g/mol. The molecule has 3 fully saturated rings. The molecule has 0 saturated carbocycles. The van der Waals surface area contributed by atoms with Crippen molar-refractivity contribution in [3.8, 4) is 0 Å². The average Bonchev–Trinajstić information content (AvgIpc) is 3.63. The van der Waals surface area contributed by atoms with Crippen LogP contribution in [0, 0.1) is 24.7 Å². The molecule has 230 valence electrons. The second kappa shape index (κ2) is 9.64. The number of aliphatic hydroxyl groups is 1. The van der Waals surface area contributed by atoms with Crippen molar-refractivity contribution >= 4 is 34.2 Å². The van der Waals surface area contributed by atoms with Crippen LogP contribution >= 0.6 is 0 Å². The van der Waals surface area contributed by atoms with Crippen LogP contribution in [0.4, 0.5) is 0 Å². The van der Waals surface area contributed by atoms with Gasteiger partial charge in [-0.1, -0.05) is 45.9 Å². The molecule has 1 aliphatic carbocycles. The van der Waals surface area contributed by atoms with Crippen molar-refractivity contribution in [1.82, 2.24) is 25.0 Å². The zero-order valence-electron chi connectivity index (χ0n) is 25.9. The summed E-state index contributed by atoms with van der Waals surface area (Å²) >= 11 is 0. The highest BCUT2D eigenvalue weighted by Gasteiger charge is 2.72. The first-order chi connectivity index (χ1) is 20.4. The number of nitrogens with zero attached hydrogens (tertiary/aromatic N) is 3. The molecule has 10 nitrogen and oxygen atoms in total. The van der Waals surface area contributed by atoms with Crippen LogP contribution in [0.5, 0.6) is 0 Å². The van der Waals surface area contributed by atoms with Gasteiger partial charge in [-0.05, 0) is 68.3 Å². The topological polar surface area (TPSA) is 118 Å². The standard InChI is InChI=1S/C33H43N5O5/c1-17(2)13-26-30(40)37-12-8-11-27(37)33(42)38(26)31(41)32(43-33,18(3)4)35-29(39)20-14-23-21-9-7-10-24-28(21)22(19(5)34-24)15-25(23)36(6)16-20/h7,9-10,14,17-18,20,25-27,34,42H,8,11-13,15-16H2,1-6H3,(H,35,39)/t20-,25-,26?,27+,32-,33?/m1/s1. The SMILES string of the molecule is Cc1[nH]c2cccc3c2c1C[C@@H]1C3=C[C@@H](C(=O)N[C@]2(C(C)C)OC3(O)[C@@H]4CCCN4C(=O)C(CC(C)C)N3C2=O)CN1C. The van der Waals surface area contributed by atoms with Crippen molar-refractivity contribution < 1.29 is 24.2 Å². The first-order valence-electron chi connectivity index (χ1n) is 15.8. The number of ether oxygens (including phenoxy) is 1. The number of rotatable bonds is 5. The van der Waals surface area contributed by atoms with E-state index in [1.165, 1.54) is 21.5 Å². The second-order valence-electron chi connectivity index (χ2n) is 14.0. The lowest BCUT2D eigenvalue weighted by molar-refractivity contribution is -0.322. The van der Waals surface area contributed by atoms with Gasteiger partial charge in [0.15, 0.2) is 0 Å². The van der Waals surface area contributed by atoms with E-state index in [2.05, 4.69) is 40.3 Å². The average molecular weight is 590 g/mol. The van der Waals surface area contributed by atoms with Gasteiger partial charge in [0.1, 0.15) is 12.1 Å². The van der Waals surface area contributed by atoms with Crippen LogP contribution < -0.4 is 5.32 Å². The van der Waals surface area contributed by atoms with Crippen molar-refractivity contribution in [2.24, 2.45) is 17.8 Å². The number of benzene rings is 1. The Morgan fingerprint density at radius 1 is 1.23 bits per heavy atom. The Morgan fingerprint density at radius 3 is 2.72 bits per heavy atom. The maximum absolute atomic E-state index is 14.4. The van der Waals surface area contributed by atoms with Gasteiger partial charge in [-0.2, -0.15) is 0 Å². The highest BCUT2D eigenvalue weighted by Crippen LogP contribution is 2.48. The highest BCUT2D eigenvalue weighted by atomic mass is 16.7. The Bertz CT molecular complexity index is 1560. The molecular formula is C33H43N5O5. The zero-order chi connectivity index (χ0) is 30.6. The highest BCUT2D eigenvalue weighted by molar-refractivity contribution is 6.01. The zero-order valence-corrected chi connectivity index (χ0v) is 25.9. The molecule has 0 radical (unpaired) electrons. The van der Waals surface area contributed by atoms with Crippen molar-refractivity contribution in [3.63, 3.8) is 0 Å². The molecule has 5 aliphatic rings. The lowest BCUT2D eigenvalue weighted by atomic mass is 9.79. The fourth-order valence-electron chi connectivity index (χ4n) is 8.37. The Kier molecular flexibility index (Phi) is 6.40. The molecule has 5 heterocycles. The summed E-state index contributed by atoms with van der Waals surface area (Å²) in [6, 6.07) is 4.87. The molecule has 3 N–H and O–H groups in total. The number of carbonyl (C=O) groups is 3. The predicted molar refractivity (Wildman–Crippen MR) is 161 cm³/mol. The molecule has 10 heteroatoms. The molecule has 1 aromatic carbocycles. The van der Waals surface area contributed by atoms with E-state index < -0.39 is 41.5 Å². The molecule has 4 aliphatic heterocycles. The van der Waals surface area contributed by atoms with Crippen LogP contribution in [0.15, 0.2) is 24.3 Å². The van der Waals surface area contributed by atoms with Gasteiger partial charge in [0, 0.05) is 41.6 Å². The van der Waals surface area contributed by atoms with E-state index in [0.29, 0.717) is 25.9 Å². The first-order valence-corrected chi connectivity index (χ1v) is 15.8. The van der Waals surface area contributed by atoms with Gasteiger partial charge < -0.3 is 20.3 Å². The number of piperazine rings is 1. The third kappa shape index (κ3) is 3.92. The van der Waals surface area contributed by atoms with Gasteiger partial charge in [-0.25, -0.2) is 0 Å². The molecule has 43 heavy (non-hydrogen) atoms. The van der Waals surface area contributed by atoms with Crippen LogP contribution in [-0.4, -0.2) is 92.4 Å². The summed E-state index contributed by atoms with van der Waals surface area (Å²) in [6.45, 7) is 10.7. The molecule has 7 rings (SSSR count). The number of carbonyl (C=O) groups excluding carboxylic acids is 3.